The molecular weight excluding hydrogens is 833 g/mol. The van der Waals surface area contributed by atoms with Crippen LogP contribution in [0.3, 0.4) is 0 Å². The lowest BCUT2D eigenvalue weighted by atomic mass is 9.44. The van der Waals surface area contributed by atoms with Crippen molar-refractivity contribution in [1.29, 1.82) is 0 Å². The summed E-state index contributed by atoms with van der Waals surface area (Å²) < 4.78 is 0. The van der Waals surface area contributed by atoms with Crippen molar-refractivity contribution in [3.8, 4) is 0 Å². The first-order chi connectivity index (χ1) is 32.4. The topological polar surface area (TPSA) is 6.48 Å². The van der Waals surface area contributed by atoms with Crippen molar-refractivity contribution >= 4 is 11.6 Å². The molecule has 3 saturated heterocycles. The van der Waals surface area contributed by atoms with Crippen molar-refractivity contribution in [2.75, 3.05) is 6.54 Å². The summed E-state index contributed by atoms with van der Waals surface area (Å²) in [5, 5.41) is 0. The molecule has 0 spiro atoms. The van der Waals surface area contributed by atoms with Crippen molar-refractivity contribution in [2.45, 2.75) is 205 Å². The van der Waals surface area contributed by atoms with Gasteiger partial charge < -0.3 is 4.90 Å². The highest BCUT2D eigenvalue weighted by atomic mass is 15.3. The molecule has 1 aromatic rings. The summed E-state index contributed by atoms with van der Waals surface area (Å²) in [6.07, 6.45) is 33.3. The molecule has 0 aromatic heterocycles. The second-order valence-corrected chi connectivity index (χ2v) is 28.4. The van der Waals surface area contributed by atoms with Gasteiger partial charge in [0.05, 0.1) is 0 Å². The largest absolute Gasteiger partial charge is 0.337 e. The van der Waals surface area contributed by atoms with Crippen molar-refractivity contribution in [2.24, 2.45) is 73.4 Å². The molecule has 0 N–H and O–H groups in total. The quantitative estimate of drug-likeness (QED) is 0.269. The number of fused-ring (bicyclic) bond motifs is 2. The Kier molecular flexibility index (Phi) is 10.8. The number of unbranched alkanes of at least 4 members (excludes halogenated alkanes) is 1. The van der Waals surface area contributed by atoms with Crippen LogP contribution in [-0.4, -0.2) is 34.0 Å². The van der Waals surface area contributed by atoms with Gasteiger partial charge in [0, 0.05) is 52.3 Å². The third-order valence-corrected chi connectivity index (χ3v) is 25.4. The summed E-state index contributed by atoms with van der Waals surface area (Å²) in [6.45, 7) is 47.6. The van der Waals surface area contributed by atoms with Gasteiger partial charge in [0.2, 0.25) is 0 Å². The summed E-state index contributed by atoms with van der Waals surface area (Å²) in [5.74, 6) is 3.70. The average Bonchev–Trinajstić information content (AvgIpc) is 3.73. The van der Waals surface area contributed by atoms with Crippen LogP contribution in [-0.2, 0) is 6.42 Å². The minimum Gasteiger partial charge on any atom is -0.337 e. The number of hydrogen-bond acceptors (Lipinski definition) is 2. The fourth-order valence-corrected chi connectivity index (χ4v) is 19.8. The van der Waals surface area contributed by atoms with Crippen molar-refractivity contribution in [3.63, 3.8) is 0 Å². The van der Waals surface area contributed by atoms with Gasteiger partial charge in [0.1, 0.15) is 0 Å². The molecule has 0 radical (unpaired) electrons. The van der Waals surface area contributed by atoms with E-state index in [1.165, 1.54) is 84.9 Å². The zero-order valence-corrected chi connectivity index (χ0v) is 46.7. The smallest absolute Gasteiger partial charge is 0.0472 e. The Balaban J connectivity index is 1.07. The van der Waals surface area contributed by atoms with E-state index in [4.69, 9.17) is 0 Å². The number of rotatable bonds is 7. The molecule has 2 bridgehead atoms. The van der Waals surface area contributed by atoms with Gasteiger partial charge in [0.15, 0.2) is 0 Å². The van der Waals surface area contributed by atoms with Gasteiger partial charge in [-0.15, -0.1) is 0 Å². The zero-order chi connectivity index (χ0) is 49.4. The molecule has 6 aliphatic heterocycles. The maximum Gasteiger partial charge on any atom is 0.0472 e. The molecule has 11 rings (SSSR count). The van der Waals surface area contributed by atoms with E-state index in [9.17, 15) is 0 Å². The van der Waals surface area contributed by atoms with E-state index >= 15 is 0 Å². The van der Waals surface area contributed by atoms with Crippen LogP contribution in [0.4, 0.5) is 0 Å². The van der Waals surface area contributed by atoms with E-state index in [1.807, 2.05) is 0 Å². The van der Waals surface area contributed by atoms with Gasteiger partial charge in [-0.1, -0.05) is 184 Å². The zero-order valence-electron chi connectivity index (χ0n) is 46.7. The molecule has 10 aliphatic rings. The Bertz CT molecular complexity index is 2590. The second-order valence-electron chi connectivity index (χ2n) is 28.4. The summed E-state index contributed by atoms with van der Waals surface area (Å²) in [7, 11) is 0. The van der Waals surface area contributed by atoms with Crippen LogP contribution in [0.15, 0.2) is 100 Å². The van der Waals surface area contributed by atoms with Crippen LogP contribution < -0.4 is 0 Å². The van der Waals surface area contributed by atoms with Crippen molar-refractivity contribution in [3.05, 3.63) is 117 Å². The third-order valence-electron chi connectivity index (χ3n) is 25.4. The third kappa shape index (κ3) is 5.83. The number of benzene rings is 1. The maximum atomic E-state index is 4.32. The lowest BCUT2D eigenvalue weighted by Gasteiger charge is -2.68. The van der Waals surface area contributed by atoms with Crippen molar-refractivity contribution < 1.29 is 0 Å². The first-order valence-electron chi connectivity index (χ1n) is 28.7. The molecule has 12 atom stereocenters. The molecule has 2 heteroatoms. The molecule has 3 saturated carbocycles. The minimum absolute atomic E-state index is 0.0771. The fraction of sp³-hybridized carbons (Fsp3) is 0.672. The molecule has 2 nitrogen and oxygen atoms in total. The Morgan fingerprint density at radius 3 is 2.29 bits per heavy atom. The van der Waals surface area contributed by atoms with Gasteiger partial charge in [-0.05, 0) is 178 Å². The van der Waals surface area contributed by atoms with Gasteiger partial charge in [-0.25, -0.2) is 0 Å². The summed E-state index contributed by atoms with van der Waals surface area (Å²) >= 11 is 0. The van der Waals surface area contributed by atoms with E-state index in [0.29, 0.717) is 35.8 Å². The fourth-order valence-electron chi connectivity index (χ4n) is 19.8. The average molecular weight is 928 g/mol. The van der Waals surface area contributed by atoms with E-state index in [0.717, 1.165) is 44.1 Å². The van der Waals surface area contributed by atoms with Crippen LogP contribution in [0.5, 0.6) is 0 Å². The van der Waals surface area contributed by atoms with Crippen molar-refractivity contribution in [1.82, 2.24) is 9.80 Å². The van der Waals surface area contributed by atoms with Crippen LogP contribution in [0.2, 0.25) is 0 Å². The number of piperidine rings is 2. The summed E-state index contributed by atoms with van der Waals surface area (Å²) in [6, 6.07) is 8.63. The highest BCUT2D eigenvalue weighted by Gasteiger charge is 2.74. The molecule has 7 unspecified atom stereocenters. The molecule has 4 aliphatic carbocycles. The van der Waals surface area contributed by atoms with E-state index in [-0.39, 0.29) is 43.4 Å². The number of nitrogens with zero attached hydrogens (tertiary/aromatic N) is 2. The minimum atomic E-state index is -0.119. The molecular formula is C67H94N2. The van der Waals surface area contributed by atoms with Crippen LogP contribution in [0.25, 0.3) is 11.6 Å². The lowest BCUT2D eigenvalue weighted by molar-refractivity contribution is -0.153. The monoisotopic (exact) mass is 927 g/mol. The predicted molar refractivity (Wildman–Crippen MR) is 294 cm³/mol. The van der Waals surface area contributed by atoms with Crippen LogP contribution in [0.1, 0.15) is 198 Å². The highest BCUT2D eigenvalue weighted by Crippen LogP contribution is 2.75. The number of hydrogen-bond donors (Lipinski definition) is 0. The molecule has 372 valence electrons. The standard InChI is InChI=1S/C67H94N2/c1-18-20-21-27-49-45(36-44-37-54-57-55(38-44)63(12,13)66(16)41(3)31-32-48-43(5)56(69(57)59(48)66)53(25-19-2)60(54,6)7)26-22-28-50(49)46-35-42(4)61(8,9)64(14)33-23-29-51-52-30-24-34-65(15)62(10,11)47(39-46)40-68(58(51)64)67(52,65)17/h19,21-22,25-28,35,37,39,41-42,44,48,51-52,58-59H,2,18,20,23-24,29-34,36,38,40H2,1,3-17H3/b27-21-,46-35-,47-39+,53-25+/t41-,42?,44-,48?,51?,52?,58?,59?,64?,65-,66+,67-/m1/s1. The first kappa shape index (κ1) is 48.2. The number of allylic oxidation sites excluding steroid dienone is 10. The van der Waals surface area contributed by atoms with Gasteiger partial charge in [-0.3, -0.25) is 4.90 Å². The van der Waals surface area contributed by atoms with E-state index < -0.39 is 0 Å². The lowest BCUT2D eigenvalue weighted by Crippen LogP contribution is -2.71. The summed E-state index contributed by atoms with van der Waals surface area (Å²) in [5.41, 5.74) is 18.1. The molecule has 69 heavy (non-hydrogen) atoms. The molecule has 1 aromatic carbocycles. The van der Waals surface area contributed by atoms with Gasteiger partial charge >= 0.3 is 0 Å². The maximum absolute atomic E-state index is 4.32. The Labute approximate surface area is 422 Å². The van der Waals surface area contributed by atoms with Crippen LogP contribution in [0, 0.1) is 73.4 Å². The van der Waals surface area contributed by atoms with Gasteiger partial charge in [-0.2, -0.15) is 0 Å². The SMILES string of the molecule is C=C/C=C1\C2=C(C)C3CC[C@@H](C)[C@@]4(C)C3N2C2=C(C[C@H](Cc3cccc(C5=C\C(C)C(C)(C)C6(C)CCCC7C6N6C/C(=C\5)C(C)(C)[C@@]5(C)CCCC7[C@@]65C)c3/C=C\CCC)C=C2C1(C)C)C4(C)C. The molecule has 6 fully saturated rings. The normalized spacial score (nSPS) is 44.1. The Morgan fingerprint density at radius 1 is 0.826 bits per heavy atom. The first-order valence-corrected chi connectivity index (χ1v) is 28.7. The Hall–Kier alpha value is -3.10. The Morgan fingerprint density at radius 2 is 1.57 bits per heavy atom. The predicted octanol–water partition coefficient (Wildman–Crippen LogP) is 17.5. The van der Waals surface area contributed by atoms with E-state index in [1.54, 1.807) is 28.0 Å². The van der Waals surface area contributed by atoms with Crippen LogP contribution >= 0.6 is 0 Å². The van der Waals surface area contributed by atoms with Gasteiger partial charge in [0.25, 0.3) is 0 Å². The second kappa shape index (κ2) is 15.5. The molecule has 6 heterocycles. The molecule has 0 amide bonds. The highest BCUT2D eigenvalue weighted by molar-refractivity contribution is 5.82. The van der Waals surface area contributed by atoms with E-state index in [2.05, 4.69) is 188 Å². The summed E-state index contributed by atoms with van der Waals surface area (Å²) in [4.78, 5) is 6.16.